The number of hydrogen-bond acceptors (Lipinski definition) is 5. The zero-order valence-corrected chi connectivity index (χ0v) is 11.4. The van der Waals surface area contributed by atoms with Crippen LogP contribution in [0.1, 0.15) is 20.8 Å². The van der Waals surface area contributed by atoms with Crippen molar-refractivity contribution in [3.05, 3.63) is 12.2 Å². The van der Waals surface area contributed by atoms with Crippen LogP contribution < -0.4 is 0 Å². The fraction of sp³-hybridized carbons (Fsp3) is 0.667. The van der Waals surface area contributed by atoms with Crippen molar-refractivity contribution in [3.63, 3.8) is 0 Å². The molecule has 0 spiro atoms. The third-order valence-electron chi connectivity index (χ3n) is 1.42. The molecule has 0 rings (SSSR count). The van der Waals surface area contributed by atoms with Crippen LogP contribution in [0.15, 0.2) is 12.2 Å². The van der Waals surface area contributed by atoms with Gasteiger partial charge in [-0.2, -0.15) is 8.42 Å². The molecule has 0 fully saturated rings. The highest BCUT2D eigenvalue weighted by Crippen LogP contribution is 2.24. The Bertz CT molecular complexity index is 357. The van der Waals surface area contributed by atoms with E-state index in [0.29, 0.717) is 5.57 Å². The van der Waals surface area contributed by atoms with Crippen molar-refractivity contribution in [2.45, 2.75) is 20.8 Å². The minimum atomic E-state index is -4.67. The fourth-order valence-electron chi connectivity index (χ4n) is 0.527. The van der Waals surface area contributed by atoms with E-state index in [0.717, 1.165) is 0 Å². The molecule has 0 amide bonds. The van der Waals surface area contributed by atoms with Gasteiger partial charge in [-0.3, -0.25) is 9.11 Å². The van der Waals surface area contributed by atoms with Gasteiger partial charge in [0.2, 0.25) is 0 Å². The molecule has 0 unspecified atom stereocenters. The Labute approximate surface area is 102 Å². The van der Waals surface area contributed by atoms with Crippen LogP contribution in [0.2, 0.25) is 0 Å². The zero-order valence-electron chi connectivity index (χ0n) is 10.6. The predicted octanol–water partition coefficient (Wildman–Crippen LogP) is 0.956. The second kappa shape index (κ2) is 6.70. The summed E-state index contributed by atoms with van der Waals surface area (Å²) in [7, 11) is -1.35. The van der Waals surface area contributed by atoms with E-state index >= 15 is 0 Å². The first-order valence-corrected chi connectivity index (χ1v) is 5.93. The molecule has 0 saturated carbocycles. The molecule has 0 radical (unpaired) electrons. The summed E-state index contributed by atoms with van der Waals surface area (Å²) in [5, 5.41) is 1.36. The van der Waals surface area contributed by atoms with Crippen LogP contribution in [0, 0.1) is 5.41 Å². The molecular weight excluding hydrogens is 250 g/mol. The third kappa shape index (κ3) is 15.0. The summed E-state index contributed by atoms with van der Waals surface area (Å²) in [6.45, 7) is 9.45. The lowest BCUT2D eigenvalue weighted by molar-refractivity contribution is -0.174. The summed E-state index contributed by atoms with van der Waals surface area (Å²) < 4.78 is 31.6. The summed E-state index contributed by atoms with van der Waals surface area (Å²) in [5.74, 6) is -0.368. The highest BCUT2D eigenvalue weighted by molar-refractivity contribution is 7.79. The highest BCUT2D eigenvalue weighted by atomic mass is 32.3. The molecule has 8 heteroatoms. The minimum Gasteiger partial charge on any atom is -0.365 e. The van der Waals surface area contributed by atoms with Crippen LogP contribution >= 0.6 is 0 Å². The third-order valence-corrected chi connectivity index (χ3v) is 1.42. The van der Waals surface area contributed by atoms with Gasteiger partial charge in [-0.25, -0.2) is 4.79 Å². The van der Waals surface area contributed by atoms with E-state index in [1.54, 1.807) is 14.1 Å². The van der Waals surface area contributed by atoms with E-state index in [4.69, 9.17) is 22.4 Å². The molecule has 7 nitrogen and oxygen atoms in total. The Morgan fingerprint density at radius 3 is 1.71 bits per heavy atom. The van der Waals surface area contributed by atoms with Gasteiger partial charge in [0.1, 0.15) is 0 Å². The van der Waals surface area contributed by atoms with Crippen LogP contribution in [0.4, 0.5) is 0 Å². The van der Waals surface area contributed by atoms with E-state index in [1.807, 2.05) is 20.8 Å². The van der Waals surface area contributed by atoms with Gasteiger partial charge in [0, 0.05) is 19.7 Å². The first-order chi connectivity index (χ1) is 7.25. The standard InChI is InChI=1S/C9H17NO2.H2O4S/c1-7(9(2,3)4)8(11)12-10(5)6;1-5(2,3)4/h1H2,2-6H3;(H2,1,2,3,4). The van der Waals surface area contributed by atoms with Gasteiger partial charge in [-0.1, -0.05) is 27.4 Å². The molecule has 0 aliphatic carbocycles. The maximum Gasteiger partial charge on any atom is 0.394 e. The summed E-state index contributed by atoms with van der Waals surface area (Å²) in [6.07, 6.45) is 0. The van der Waals surface area contributed by atoms with Crippen molar-refractivity contribution < 1.29 is 27.2 Å². The van der Waals surface area contributed by atoms with Gasteiger partial charge in [-0.05, 0) is 5.41 Å². The normalized spacial score (nSPS) is 11.5. The molecule has 0 aromatic carbocycles. The van der Waals surface area contributed by atoms with Crippen molar-refractivity contribution in [1.82, 2.24) is 5.06 Å². The van der Waals surface area contributed by atoms with E-state index in [-0.39, 0.29) is 11.4 Å². The van der Waals surface area contributed by atoms with Crippen LogP contribution in [-0.2, 0) is 20.0 Å². The van der Waals surface area contributed by atoms with Gasteiger partial charge in [0.05, 0.1) is 0 Å². The molecule has 0 atom stereocenters. The first kappa shape index (κ1) is 18.4. The predicted molar refractivity (Wildman–Crippen MR) is 62.6 cm³/mol. The number of rotatable bonds is 2. The van der Waals surface area contributed by atoms with Crippen molar-refractivity contribution in [2.24, 2.45) is 5.41 Å². The maximum atomic E-state index is 11.2. The molecule has 0 heterocycles. The van der Waals surface area contributed by atoms with Gasteiger partial charge < -0.3 is 4.84 Å². The number of carbonyl (C=O) groups excluding carboxylic acids is 1. The van der Waals surface area contributed by atoms with Crippen LogP contribution in [0.25, 0.3) is 0 Å². The van der Waals surface area contributed by atoms with Crippen molar-refractivity contribution in [3.8, 4) is 0 Å². The summed E-state index contributed by atoms with van der Waals surface area (Å²) in [5.41, 5.74) is 0.254. The van der Waals surface area contributed by atoms with Crippen molar-refractivity contribution in [2.75, 3.05) is 14.1 Å². The quantitative estimate of drug-likeness (QED) is 0.437. The lowest BCUT2D eigenvalue weighted by atomic mass is 9.88. The minimum absolute atomic E-state index is 0.229. The van der Waals surface area contributed by atoms with E-state index in [2.05, 4.69) is 6.58 Å². The van der Waals surface area contributed by atoms with Gasteiger partial charge in [-0.15, -0.1) is 5.06 Å². The maximum absolute atomic E-state index is 11.2. The topological polar surface area (TPSA) is 104 Å². The molecule has 17 heavy (non-hydrogen) atoms. The molecule has 0 aliphatic rings. The number of hydrogen-bond donors (Lipinski definition) is 2. The van der Waals surface area contributed by atoms with Crippen LogP contribution in [-0.4, -0.2) is 42.7 Å². The number of nitrogens with zero attached hydrogens (tertiary/aromatic N) is 1. The van der Waals surface area contributed by atoms with Gasteiger partial charge >= 0.3 is 16.4 Å². The Morgan fingerprint density at radius 1 is 1.24 bits per heavy atom. The molecule has 0 aromatic rings. The largest absolute Gasteiger partial charge is 0.394 e. The second-order valence-corrected chi connectivity index (χ2v) is 5.26. The second-order valence-electron chi connectivity index (χ2n) is 4.37. The SMILES string of the molecule is C=C(C(=O)ON(C)C)C(C)(C)C.O=S(=O)(O)O. The molecular formula is C9H19NO6S. The molecule has 102 valence electrons. The molecule has 0 saturated heterocycles. The Morgan fingerprint density at radius 2 is 1.53 bits per heavy atom. The molecule has 0 aromatic heterocycles. The highest BCUT2D eigenvalue weighted by Gasteiger charge is 2.23. The van der Waals surface area contributed by atoms with E-state index < -0.39 is 10.4 Å². The number of carbonyl (C=O) groups is 1. The summed E-state index contributed by atoms with van der Waals surface area (Å²) >= 11 is 0. The van der Waals surface area contributed by atoms with E-state index in [1.165, 1.54) is 5.06 Å². The monoisotopic (exact) mass is 269 g/mol. The molecule has 0 bridgehead atoms. The summed E-state index contributed by atoms with van der Waals surface area (Å²) in [4.78, 5) is 16.1. The Hall–Kier alpha value is -0.960. The van der Waals surface area contributed by atoms with Crippen LogP contribution in [0.3, 0.4) is 0 Å². The summed E-state index contributed by atoms with van der Waals surface area (Å²) in [6, 6.07) is 0. The average molecular weight is 269 g/mol. The smallest absolute Gasteiger partial charge is 0.365 e. The van der Waals surface area contributed by atoms with Gasteiger partial charge in [0.25, 0.3) is 0 Å². The lowest BCUT2D eigenvalue weighted by Gasteiger charge is -2.21. The first-order valence-electron chi connectivity index (χ1n) is 4.54. The molecule has 0 aliphatic heterocycles. The van der Waals surface area contributed by atoms with E-state index in [9.17, 15) is 4.79 Å². The Balaban J connectivity index is 0. The lowest BCUT2D eigenvalue weighted by Crippen LogP contribution is -2.25. The van der Waals surface area contributed by atoms with Crippen molar-refractivity contribution >= 4 is 16.4 Å². The number of hydroxylamine groups is 2. The molecule has 2 N–H and O–H groups in total. The van der Waals surface area contributed by atoms with Gasteiger partial charge in [0.15, 0.2) is 0 Å². The van der Waals surface area contributed by atoms with Crippen LogP contribution in [0.5, 0.6) is 0 Å². The van der Waals surface area contributed by atoms with Crippen molar-refractivity contribution in [1.29, 1.82) is 0 Å². The average Bonchev–Trinajstić information content (AvgIpc) is 1.96. The Kier molecular flexibility index (Phi) is 7.25. The fourth-order valence-corrected chi connectivity index (χ4v) is 0.527. The zero-order chi connectivity index (χ0) is 14.4.